The highest BCUT2D eigenvalue weighted by Crippen LogP contribution is 2.50. The first-order valence-corrected chi connectivity index (χ1v) is 10.4. The van der Waals surface area contributed by atoms with Gasteiger partial charge in [0.2, 0.25) is 6.79 Å². The van der Waals surface area contributed by atoms with Crippen LogP contribution in [0.2, 0.25) is 0 Å². The molecule has 2 heterocycles. The second kappa shape index (κ2) is 9.52. The number of rotatable bonds is 7. The monoisotopic (exact) mass is 500 g/mol. The van der Waals surface area contributed by atoms with E-state index < -0.39 is 0 Å². The van der Waals surface area contributed by atoms with E-state index in [0.29, 0.717) is 12.8 Å². The molecular formula is C21H33IN4O2. The number of hydrogen-bond acceptors (Lipinski definition) is 4. The molecule has 156 valence electrons. The van der Waals surface area contributed by atoms with Gasteiger partial charge in [0.25, 0.3) is 0 Å². The lowest BCUT2D eigenvalue weighted by Gasteiger charge is -2.24. The summed E-state index contributed by atoms with van der Waals surface area (Å²) in [5.41, 5.74) is 1.48. The zero-order chi connectivity index (χ0) is 18.7. The smallest absolute Gasteiger partial charge is 0.231 e. The molecule has 0 radical (unpaired) electrons. The number of likely N-dealkylation sites (N-methyl/N-ethyl adjacent to an activating group) is 1. The van der Waals surface area contributed by atoms with Gasteiger partial charge in [-0.2, -0.15) is 0 Å². The fraction of sp³-hybridized carbons (Fsp3) is 0.667. The Morgan fingerprint density at radius 1 is 1.21 bits per heavy atom. The van der Waals surface area contributed by atoms with Gasteiger partial charge in [0.1, 0.15) is 0 Å². The SMILES string of the molecule is CCNC(=NCC1(c2ccc3c(c2)OCO3)CC1)NCC1CCCN1CC.I. The summed E-state index contributed by atoms with van der Waals surface area (Å²) in [7, 11) is 0. The molecule has 1 aromatic carbocycles. The largest absolute Gasteiger partial charge is 0.454 e. The number of aliphatic imine (C=N–C) groups is 1. The van der Waals surface area contributed by atoms with Crippen LogP contribution in [-0.2, 0) is 5.41 Å². The topological polar surface area (TPSA) is 58.1 Å². The maximum atomic E-state index is 5.56. The van der Waals surface area contributed by atoms with Crippen LogP contribution in [0.3, 0.4) is 0 Å². The van der Waals surface area contributed by atoms with Crippen molar-refractivity contribution in [3.8, 4) is 11.5 Å². The van der Waals surface area contributed by atoms with Gasteiger partial charge in [-0.1, -0.05) is 13.0 Å². The van der Waals surface area contributed by atoms with Crippen LogP contribution < -0.4 is 20.1 Å². The third-order valence-electron chi connectivity index (χ3n) is 6.13. The van der Waals surface area contributed by atoms with Gasteiger partial charge in [-0.05, 0) is 63.4 Å². The van der Waals surface area contributed by atoms with E-state index in [1.807, 2.05) is 6.07 Å². The molecule has 0 amide bonds. The van der Waals surface area contributed by atoms with E-state index >= 15 is 0 Å². The number of ether oxygens (including phenoxy) is 2. The summed E-state index contributed by atoms with van der Waals surface area (Å²) in [5.74, 6) is 2.66. The Morgan fingerprint density at radius 2 is 2.04 bits per heavy atom. The van der Waals surface area contributed by atoms with Gasteiger partial charge in [0.05, 0.1) is 6.54 Å². The third kappa shape index (κ3) is 4.67. The van der Waals surface area contributed by atoms with Crippen molar-refractivity contribution in [2.45, 2.75) is 51.0 Å². The first-order chi connectivity index (χ1) is 13.2. The zero-order valence-corrected chi connectivity index (χ0v) is 19.3. The van der Waals surface area contributed by atoms with E-state index in [2.05, 4.69) is 41.5 Å². The molecule has 2 N–H and O–H groups in total. The van der Waals surface area contributed by atoms with E-state index in [1.54, 1.807) is 0 Å². The van der Waals surface area contributed by atoms with Gasteiger partial charge >= 0.3 is 0 Å². The molecule has 1 aliphatic carbocycles. The van der Waals surface area contributed by atoms with Gasteiger partial charge in [-0.3, -0.25) is 9.89 Å². The van der Waals surface area contributed by atoms with Crippen molar-refractivity contribution in [3.05, 3.63) is 23.8 Å². The Morgan fingerprint density at radius 3 is 2.79 bits per heavy atom. The van der Waals surface area contributed by atoms with Crippen LogP contribution in [-0.4, -0.2) is 56.4 Å². The lowest BCUT2D eigenvalue weighted by Crippen LogP contribution is -2.45. The normalized spacial score (nSPS) is 22.6. The van der Waals surface area contributed by atoms with E-state index in [9.17, 15) is 0 Å². The van der Waals surface area contributed by atoms with Gasteiger partial charge in [0.15, 0.2) is 17.5 Å². The van der Waals surface area contributed by atoms with Gasteiger partial charge in [-0.25, -0.2) is 0 Å². The van der Waals surface area contributed by atoms with Crippen LogP contribution in [0, 0.1) is 0 Å². The molecule has 0 spiro atoms. The Labute approximate surface area is 185 Å². The quantitative estimate of drug-likeness (QED) is 0.343. The number of nitrogens with one attached hydrogen (secondary N) is 2. The Bertz CT molecular complexity index is 693. The summed E-state index contributed by atoms with van der Waals surface area (Å²) in [6, 6.07) is 6.98. The number of likely N-dealkylation sites (tertiary alicyclic amines) is 1. The maximum Gasteiger partial charge on any atom is 0.231 e. The van der Waals surface area contributed by atoms with Crippen molar-refractivity contribution in [2.24, 2.45) is 4.99 Å². The predicted octanol–water partition coefficient (Wildman–Crippen LogP) is 3.10. The van der Waals surface area contributed by atoms with Crippen molar-refractivity contribution >= 4 is 29.9 Å². The molecule has 7 heteroatoms. The molecule has 2 aliphatic heterocycles. The van der Waals surface area contributed by atoms with E-state index in [1.165, 1.54) is 37.8 Å². The van der Waals surface area contributed by atoms with Gasteiger partial charge in [-0.15, -0.1) is 24.0 Å². The number of hydrogen-bond donors (Lipinski definition) is 2. The minimum absolute atomic E-state index is 0. The van der Waals surface area contributed by atoms with Crippen LogP contribution in [0.5, 0.6) is 11.5 Å². The van der Waals surface area contributed by atoms with Crippen molar-refractivity contribution in [3.63, 3.8) is 0 Å². The molecule has 0 bridgehead atoms. The number of benzene rings is 1. The minimum atomic E-state index is 0. The molecular weight excluding hydrogens is 467 g/mol. The Kier molecular flexibility index (Phi) is 7.31. The fourth-order valence-electron chi connectivity index (χ4n) is 4.24. The molecule has 6 nitrogen and oxygen atoms in total. The predicted molar refractivity (Wildman–Crippen MR) is 123 cm³/mol. The molecule has 1 saturated heterocycles. The molecule has 4 rings (SSSR count). The van der Waals surface area contributed by atoms with Crippen LogP contribution in [0.4, 0.5) is 0 Å². The van der Waals surface area contributed by atoms with Gasteiger partial charge < -0.3 is 20.1 Å². The molecule has 2 fully saturated rings. The first-order valence-electron chi connectivity index (χ1n) is 10.4. The molecule has 3 aliphatic rings. The molecule has 1 unspecified atom stereocenters. The summed E-state index contributed by atoms with van der Waals surface area (Å²) >= 11 is 0. The van der Waals surface area contributed by atoms with Crippen molar-refractivity contribution in [1.82, 2.24) is 15.5 Å². The van der Waals surface area contributed by atoms with Gasteiger partial charge in [0, 0.05) is 24.5 Å². The molecule has 28 heavy (non-hydrogen) atoms. The number of halogens is 1. The van der Waals surface area contributed by atoms with Crippen molar-refractivity contribution < 1.29 is 9.47 Å². The molecule has 1 aromatic rings. The van der Waals surface area contributed by atoms with Crippen molar-refractivity contribution in [1.29, 1.82) is 0 Å². The second-order valence-electron chi connectivity index (χ2n) is 7.85. The number of fused-ring (bicyclic) bond motifs is 1. The number of guanidine groups is 1. The highest BCUT2D eigenvalue weighted by atomic mass is 127. The van der Waals surface area contributed by atoms with E-state index in [0.717, 1.165) is 43.6 Å². The van der Waals surface area contributed by atoms with Crippen LogP contribution in [0.15, 0.2) is 23.2 Å². The summed E-state index contributed by atoms with van der Waals surface area (Å²) in [6.07, 6.45) is 4.95. The molecule has 0 aromatic heterocycles. The lowest BCUT2D eigenvalue weighted by atomic mass is 9.96. The first kappa shape index (κ1) is 21.5. The standard InChI is InChI=1S/C21H32N4O2.HI/c1-3-22-20(23-13-17-6-5-11-25(17)4-2)24-14-21(9-10-21)16-7-8-18-19(12-16)27-15-26-18;/h7-8,12,17H,3-6,9-11,13-15H2,1-2H3,(H2,22,23,24);1H. The third-order valence-corrected chi connectivity index (χ3v) is 6.13. The van der Waals surface area contributed by atoms with Crippen LogP contribution >= 0.6 is 24.0 Å². The average Bonchev–Trinajstić information content (AvgIpc) is 3.12. The Hall–Kier alpha value is -1.22. The average molecular weight is 500 g/mol. The maximum absolute atomic E-state index is 5.56. The summed E-state index contributed by atoms with van der Waals surface area (Å²) < 4.78 is 11.0. The zero-order valence-electron chi connectivity index (χ0n) is 17.0. The summed E-state index contributed by atoms with van der Waals surface area (Å²) in [5, 5.41) is 6.98. The van der Waals surface area contributed by atoms with Crippen LogP contribution in [0.25, 0.3) is 0 Å². The fourth-order valence-corrected chi connectivity index (χ4v) is 4.24. The summed E-state index contributed by atoms with van der Waals surface area (Å²) in [4.78, 5) is 7.49. The van der Waals surface area contributed by atoms with Crippen molar-refractivity contribution in [2.75, 3.05) is 39.5 Å². The molecule has 1 atom stereocenters. The second-order valence-corrected chi connectivity index (χ2v) is 7.85. The Balaban J connectivity index is 0.00000225. The molecule has 1 saturated carbocycles. The van der Waals surface area contributed by atoms with E-state index in [4.69, 9.17) is 14.5 Å². The van der Waals surface area contributed by atoms with Crippen LogP contribution in [0.1, 0.15) is 45.1 Å². The lowest BCUT2D eigenvalue weighted by molar-refractivity contribution is 0.174. The number of nitrogens with zero attached hydrogens (tertiary/aromatic N) is 2. The highest BCUT2D eigenvalue weighted by molar-refractivity contribution is 14.0. The van der Waals surface area contributed by atoms with E-state index in [-0.39, 0.29) is 29.4 Å². The highest BCUT2D eigenvalue weighted by Gasteiger charge is 2.44. The summed E-state index contributed by atoms with van der Waals surface area (Å²) in [6.45, 7) is 9.72. The minimum Gasteiger partial charge on any atom is -0.454 e.